The first kappa shape index (κ1) is 15.5. The van der Waals surface area contributed by atoms with E-state index in [1.165, 1.54) is 0 Å². The predicted molar refractivity (Wildman–Crippen MR) is 88.3 cm³/mol. The van der Waals surface area contributed by atoms with Gasteiger partial charge in [0.25, 0.3) is 5.52 Å². The summed E-state index contributed by atoms with van der Waals surface area (Å²) in [5.74, 6) is -0.0313. The Morgan fingerprint density at radius 3 is 2.39 bits per heavy atom. The smallest absolute Gasteiger partial charge is 0.871 e. The number of aromatic nitrogens is 3. The van der Waals surface area contributed by atoms with Crippen LogP contribution in [0.5, 0.6) is 5.75 Å². The van der Waals surface area contributed by atoms with Crippen LogP contribution in [0.1, 0.15) is 0 Å². The first-order valence-corrected chi connectivity index (χ1v) is 7.05. The zero-order valence-electron chi connectivity index (χ0n) is 12.4. The maximum absolute atomic E-state index is 12.2. The van der Waals surface area contributed by atoms with Gasteiger partial charge >= 0.3 is 23.1 Å². The molecule has 23 heavy (non-hydrogen) atoms. The predicted octanol–water partition coefficient (Wildman–Crippen LogP) is 2.20. The number of para-hydroxylation sites is 2. The number of rotatable bonds is 2. The molecule has 0 saturated carbocycles. The Hall–Kier alpha value is -2.37. The van der Waals surface area contributed by atoms with Gasteiger partial charge in [0.05, 0.1) is 5.69 Å². The number of hydrogen-bond donors (Lipinski definition) is 0. The first-order valence-electron chi connectivity index (χ1n) is 7.05. The van der Waals surface area contributed by atoms with Crippen LogP contribution in [0.2, 0.25) is 0 Å². The summed E-state index contributed by atoms with van der Waals surface area (Å²) in [4.78, 5) is 4.48. The summed E-state index contributed by atoms with van der Waals surface area (Å²) in [5, 5.41) is 15.5. The van der Waals surface area contributed by atoms with Crippen molar-refractivity contribution < 1.29 is 10.2 Å². The molecule has 5 heteroatoms. The first-order chi connectivity index (χ1) is 10.8. The normalized spacial score (nSPS) is 10.4. The minimum Gasteiger partial charge on any atom is -0.871 e. The quantitative estimate of drug-likeness (QED) is 0.533. The Balaban J connectivity index is 0.00000156. The van der Waals surface area contributed by atoms with Crippen LogP contribution >= 0.6 is 0 Å². The number of fused-ring (bicyclic) bond motifs is 1. The van der Waals surface area contributed by atoms with Crippen molar-refractivity contribution in [1.82, 2.24) is 9.67 Å². The van der Waals surface area contributed by atoms with Gasteiger partial charge in [0.1, 0.15) is 5.69 Å². The van der Waals surface area contributed by atoms with Crippen LogP contribution in [0, 0.1) is 0 Å². The molecule has 0 aliphatic rings. The van der Waals surface area contributed by atoms with Gasteiger partial charge in [-0.3, -0.25) is 0 Å². The number of hydrogen-bond acceptors (Lipinski definition) is 2. The number of pyridine rings is 1. The number of benzene rings is 2. The molecule has 0 radical (unpaired) electrons. The average molecular weight is 312 g/mol. The second-order valence-electron chi connectivity index (χ2n) is 5.03. The summed E-state index contributed by atoms with van der Waals surface area (Å²) in [7, 11) is 0. The van der Waals surface area contributed by atoms with Gasteiger partial charge in [-0.05, 0) is 12.1 Å². The van der Waals surface area contributed by atoms with Crippen LogP contribution in [0.4, 0.5) is 0 Å². The van der Waals surface area contributed by atoms with Crippen LogP contribution in [0.25, 0.3) is 28.0 Å². The number of H-pyrrole nitrogens is 1. The van der Waals surface area contributed by atoms with Crippen LogP contribution in [0.3, 0.4) is 0 Å². The van der Waals surface area contributed by atoms with Gasteiger partial charge in [0.15, 0.2) is 5.52 Å². The molecule has 2 aromatic heterocycles. The Labute approximate surface area is 149 Å². The van der Waals surface area contributed by atoms with Crippen molar-refractivity contribution in [2.24, 2.45) is 0 Å². The van der Waals surface area contributed by atoms with Gasteiger partial charge in [-0.1, -0.05) is 54.3 Å². The summed E-state index contributed by atoms with van der Waals surface area (Å²) in [6, 6.07) is 20.8. The Morgan fingerprint density at radius 2 is 1.61 bits per heavy atom. The molecule has 0 atom stereocenters. The van der Waals surface area contributed by atoms with E-state index >= 15 is 0 Å². The summed E-state index contributed by atoms with van der Waals surface area (Å²) >= 11 is 0. The third-order valence-corrected chi connectivity index (χ3v) is 3.64. The van der Waals surface area contributed by atoms with Crippen molar-refractivity contribution in [3.63, 3.8) is 0 Å². The molecule has 0 amide bonds. The van der Waals surface area contributed by atoms with E-state index in [0.717, 1.165) is 22.3 Å². The molecule has 0 aliphatic carbocycles. The molecule has 0 spiro atoms. The number of aromatic amines is 1. The molecule has 2 heterocycles. The van der Waals surface area contributed by atoms with Crippen molar-refractivity contribution in [2.75, 3.05) is 0 Å². The van der Waals surface area contributed by atoms with Gasteiger partial charge in [-0.25, -0.2) is 4.98 Å². The fraction of sp³-hybridized carbons (Fsp3) is 0. The summed E-state index contributed by atoms with van der Waals surface area (Å²) in [6.07, 6.45) is 1.76. The molecule has 4 aromatic rings. The van der Waals surface area contributed by atoms with Crippen LogP contribution in [0.15, 0.2) is 72.9 Å². The molecule has 0 bridgehead atoms. The maximum Gasteiger partial charge on any atom is 2.00 e. The molecular weight excluding hydrogens is 299 g/mol. The maximum atomic E-state index is 12.2. The molecule has 1 N–H and O–H groups in total. The van der Waals surface area contributed by atoms with Gasteiger partial charge in [-0.2, -0.15) is 0 Å². The van der Waals surface area contributed by atoms with Gasteiger partial charge in [-0.15, -0.1) is 9.78 Å². The zero-order valence-corrected chi connectivity index (χ0v) is 13.9. The molecule has 0 aliphatic heterocycles. The van der Waals surface area contributed by atoms with Gasteiger partial charge in [0.2, 0.25) is 0 Å². The minimum atomic E-state index is -0.0313. The van der Waals surface area contributed by atoms with Crippen molar-refractivity contribution >= 4 is 34.1 Å². The molecule has 0 unspecified atom stereocenters. The van der Waals surface area contributed by atoms with Crippen molar-refractivity contribution in [1.29, 1.82) is 0 Å². The van der Waals surface area contributed by atoms with Gasteiger partial charge < -0.3 is 5.11 Å². The van der Waals surface area contributed by atoms with E-state index in [1.54, 1.807) is 18.3 Å². The summed E-state index contributed by atoms with van der Waals surface area (Å²) in [6.45, 7) is 0. The number of nitrogens with zero attached hydrogens (tertiary/aromatic N) is 2. The average Bonchev–Trinajstić information content (AvgIpc) is 2.95. The van der Waals surface area contributed by atoms with E-state index in [9.17, 15) is 5.11 Å². The van der Waals surface area contributed by atoms with E-state index in [1.807, 2.05) is 59.3 Å². The van der Waals surface area contributed by atoms with Crippen LogP contribution < -0.4 is 10.2 Å². The van der Waals surface area contributed by atoms with Gasteiger partial charge in [0, 0.05) is 17.8 Å². The second-order valence-corrected chi connectivity index (χ2v) is 5.03. The molecule has 106 valence electrons. The minimum absolute atomic E-state index is 0. The fourth-order valence-electron chi connectivity index (χ4n) is 2.65. The Morgan fingerprint density at radius 1 is 0.870 bits per heavy atom. The molecular formula is C18H13MgN3O+2. The SMILES string of the molecule is [Mg+2].[O-]c1ccccc1-n1[nH+]c2cccnc2c1-c1ccccc1. The van der Waals surface area contributed by atoms with Crippen molar-refractivity contribution in [3.8, 4) is 22.7 Å². The largest absolute Gasteiger partial charge is 2.00 e. The monoisotopic (exact) mass is 311 g/mol. The van der Waals surface area contributed by atoms with E-state index in [0.29, 0.717) is 5.69 Å². The van der Waals surface area contributed by atoms with Crippen molar-refractivity contribution in [2.45, 2.75) is 0 Å². The Kier molecular flexibility index (Phi) is 4.32. The molecule has 0 saturated heterocycles. The number of nitrogens with one attached hydrogen (secondary N) is 1. The van der Waals surface area contributed by atoms with Crippen LogP contribution in [-0.4, -0.2) is 32.7 Å². The van der Waals surface area contributed by atoms with E-state index in [4.69, 9.17) is 0 Å². The topological polar surface area (TPSA) is 55.0 Å². The fourth-order valence-corrected chi connectivity index (χ4v) is 2.65. The van der Waals surface area contributed by atoms with E-state index in [2.05, 4.69) is 10.1 Å². The molecule has 4 rings (SSSR count). The third-order valence-electron chi connectivity index (χ3n) is 3.64. The third kappa shape index (κ3) is 2.69. The summed E-state index contributed by atoms with van der Waals surface area (Å²) < 4.78 is 1.81. The van der Waals surface area contributed by atoms with E-state index in [-0.39, 0.29) is 28.8 Å². The zero-order chi connectivity index (χ0) is 14.9. The molecule has 0 fully saturated rings. The molecule has 4 nitrogen and oxygen atoms in total. The molecule has 2 aromatic carbocycles. The second kappa shape index (κ2) is 6.40. The van der Waals surface area contributed by atoms with Crippen molar-refractivity contribution in [3.05, 3.63) is 72.9 Å². The summed E-state index contributed by atoms with van der Waals surface area (Å²) in [5.41, 5.74) is 4.22. The Bertz CT molecular complexity index is 951. The standard InChI is InChI=1S/C18H13N3O.Mg/c22-16-11-5-4-10-15(16)21-18(13-7-2-1-3-8-13)17-14(20-21)9-6-12-19-17;/h1-12,22H;/q;+2. The van der Waals surface area contributed by atoms with E-state index < -0.39 is 0 Å². The van der Waals surface area contributed by atoms with Crippen LogP contribution in [-0.2, 0) is 0 Å².